The lowest BCUT2D eigenvalue weighted by molar-refractivity contribution is -0.122. The monoisotopic (exact) mass is 262 g/mol. The Morgan fingerprint density at radius 1 is 1.21 bits per heavy atom. The molecule has 0 spiro atoms. The fraction of sp³-hybridized carbons (Fsp3) is 0.467. The second kappa shape index (κ2) is 7.56. The van der Waals surface area contributed by atoms with Crippen molar-refractivity contribution >= 4 is 11.8 Å². The average molecular weight is 262 g/mol. The van der Waals surface area contributed by atoms with Crippen LogP contribution in [0.3, 0.4) is 0 Å². The van der Waals surface area contributed by atoms with Crippen molar-refractivity contribution in [1.29, 1.82) is 0 Å². The van der Waals surface area contributed by atoms with Crippen LogP contribution in [0.1, 0.15) is 43.9 Å². The van der Waals surface area contributed by atoms with Gasteiger partial charge < -0.3 is 10.6 Å². The number of benzene rings is 1. The first-order valence-corrected chi connectivity index (χ1v) is 6.63. The van der Waals surface area contributed by atoms with E-state index in [9.17, 15) is 9.59 Å². The Bertz CT molecular complexity index is 426. The molecule has 0 saturated carbocycles. The number of aryl methyl sites for hydroxylation is 1. The van der Waals surface area contributed by atoms with Crippen LogP contribution in [-0.2, 0) is 9.59 Å². The normalized spacial score (nSPS) is 11.7. The lowest BCUT2D eigenvalue weighted by Crippen LogP contribution is -2.32. The third kappa shape index (κ3) is 5.55. The average Bonchev–Trinajstić information content (AvgIpc) is 2.36. The number of hydrogen-bond donors (Lipinski definition) is 2. The molecular weight excluding hydrogens is 240 g/mol. The zero-order chi connectivity index (χ0) is 14.3. The fourth-order valence-corrected chi connectivity index (χ4v) is 1.82. The highest BCUT2D eigenvalue weighted by atomic mass is 16.2. The van der Waals surface area contributed by atoms with Crippen molar-refractivity contribution in [3.05, 3.63) is 35.4 Å². The third-order valence-corrected chi connectivity index (χ3v) is 2.82. The Hall–Kier alpha value is -1.84. The van der Waals surface area contributed by atoms with Gasteiger partial charge in [-0.3, -0.25) is 9.59 Å². The fourth-order valence-electron chi connectivity index (χ4n) is 1.82. The number of rotatable bonds is 6. The zero-order valence-electron chi connectivity index (χ0n) is 11.8. The van der Waals surface area contributed by atoms with E-state index in [4.69, 9.17) is 0 Å². The van der Waals surface area contributed by atoms with E-state index in [-0.39, 0.29) is 24.3 Å². The van der Waals surface area contributed by atoms with Gasteiger partial charge >= 0.3 is 0 Å². The molecule has 1 aromatic rings. The van der Waals surface area contributed by atoms with Crippen molar-refractivity contribution in [1.82, 2.24) is 10.6 Å². The highest BCUT2D eigenvalue weighted by Gasteiger charge is 2.16. The highest BCUT2D eigenvalue weighted by Crippen LogP contribution is 2.17. The molecule has 1 atom stereocenters. The smallest absolute Gasteiger partial charge is 0.222 e. The van der Waals surface area contributed by atoms with Crippen LogP contribution in [0.2, 0.25) is 0 Å². The van der Waals surface area contributed by atoms with Gasteiger partial charge in [-0.2, -0.15) is 0 Å². The number of carbonyl (C=O) groups excluding carboxylic acids is 2. The first-order valence-electron chi connectivity index (χ1n) is 6.63. The van der Waals surface area contributed by atoms with Crippen LogP contribution in [0, 0.1) is 6.92 Å². The van der Waals surface area contributed by atoms with Gasteiger partial charge in [-0.25, -0.2) is 0 Å². The quantitative estimate of drug-likeness (QED) is 0.824. The molecule has 19 heavy (non-hydrogen) atoms. The summed E-state index contributed by atoms with van der Waals surface area (Å²) in [6.07, 6.45) is 1.17. The van der Waals surface area contributed by atoms with Crippen molar-refractivity contribution in [3.8, 4) is 0 Å². The van der Waals surface area contributed by atoms with Gasteiger partial charge in [0.2, 0.25) is 11.8 Å². The Balaban J connectivity index is 2.74. The van der Waals surface area contributed by atoms with Gasteiger partial charge in [0.05, 0.1) is 12.5 Å². The molecular formula is C15H22N2O2. The summed E-state index contributed by atoms with van der Waals surface area (Å²) in [6.45, 7) is 6.14. The number of nitrogens with one attached hydrogen (secondary N) is 2. The Morgan fingerprint density at radius 3 is 2.37 bits per heavy atom. The standard InChI is InChI=1S/C15H22N2O2/c1-4-9-16-15(19)10-14(17-12(3)18)13-7-5-11(2)6-8-13/h5-8,14H,4,9-10H2,1-3H3,(H,16,19)(H,17,18)/t14-/m0/s1. The second-order valence-corrected chi connectivity index (χ2v) is 4.72. The molecule has 0 radical (unpaired) electrons. The molecule has 1 aromatic carbocycles. The molecule has 0 aliphatic rings. The van der Waals surface area contributed by atoms with Gasteiger partial charge in [-0.05, 0) is 18.9 Å². The summed E-state index contributed by atoms with van der Waals surface area (Å²) in [5.41, 5.74) is 2.10. The minimum atomic E-state index is -0.269. The predicted molar refractivity (Wildman–Crippen MR) is 75.7 cm³/mol. The third-order valence-electron chi connectivity index (χ3n) is 2.82. The maximum absolute atomic E-state index is 11.8. The van der Waals surface area contributed by atoms with Gasteiger partial charge in [0.15, 0.2) is 0 Å². The molecule has 0 heterocycles. The van der Waals surface area contributed by atoms with Crippen LogP contribution in [0.15, 0.2) is 24.3 Å². The van der Waals surface area contributed by atoms with Gasteiger partial charge in [0, 0.05) is 13.5 Å². The van der Waals surface area contributed by atoms with E-state index in [2.05, 4.69) is 10.6 Å². The molecule has 0 aliphatic carbocycles. The Labute approximate surface area is 114 Å². The minimum absolute atomic E-state index is 0.0406. The first kappa shape index (κ1) is 15.2. The van der Waals surface area contributed by atoms with Crippen LogP contribution < -0.4 is 10.6 Å². The highest BCUT2D eigenvalue weighted by molar-refractivity contribution is 5.79. The molecule has 0 fully saturated rings. The molecule has 1 rings (SSSR count). The molecule has 0 unspecified atom stereocenters. The Kier molecular flexibility index (Phi) is 6.06. The maximum Gasteiger partial charge on any atom is 0.222 e. The molecule has 0 aromatic heterocycles. The molecule has 0 saturated heterocycles. The van der Waals surface area contributed by atoms with Crippen molar-refractivity contribution < 1.29 is 9.59 Å². The van der Waals surface area contributed by atoms with E-state index in [1.807, 2.05) is 38.1 Å². The van der Waals surface area contributed by atoms with Crippen molar-refractivity contribution in [2.24, 2.45) is 0 Å². The maximum atomic E-state index is 11.8. The van der Waals surface area contributed by atoms with Crippen molar-refractivity contribution in [2.75, 3.05) is 6.54 Å². The van der Waals surface area contributed by atoms with Gasteiger partial charge in [0.1, 0.15) is 0 Å². The molecule has 4 heteroatoms. The SMILES string of the molecule is CCCNC(=O)C[C@H](NC(C)=O)c1ccc(C)cc1. The molecule has 2 N–H and O–H groups in total. The van der Waals surface area contributed by atoms with Crippen LogP contribution in [0.5, 0.6) is 0 Å². The number of hydrogen-bond acceptors (Lipinski definition) is 2. The molecule has 0 bridgehead atoms. The van der Waals surface area contributed by atoms with E-state index < -0.39 is 0 Å². The summed E-state index contributed by atoms with van der Waals surface area (Å²) in [5, 5.41) is 5.65. The van der Waals surface area contributed by atoms with E-state index in [1.54, 1.807) is 0 Å². The second-order valence-electron chi connectivity index (χ2n) is 4.72. The van der Waals surface area contributed by atoms with Gasteiger partial charge in [-0.15, -0.1) is 0 Å². The molecule has 4 nitrogen and oxygen atoms in total. The molecule has 0 aliphatic heterocycles. The van der Waals surface area contributed by atoms with Crippen LogP contribution in [0.4, 0.5) is 0 Å². The van der Waals surface area contributed by atoms with E-state index >= 15 is 0 Å². The summed E-state index contributed by atoms with van der Waals surface area (Å²) in [7, 11) is 0. The van der Waals surface area contributed by atoms with Gasteiger partial charge in [0.25, 0.3) is 0 Å². The first-order chi connectivity index (χ1) is 9.02. The van der Waals surface area contributed by atoms with E-state index in [0.717, 1.165) is 17.5 Å². The topological polar surface area (TPSA) is 58.2 Å². The van der Waals surface area contributed by atoms with Crippen LogP contribution in [-0.4, -0.2) is 18.4 Å². The van der Waals surface area contributed by atoms with E-state index in [1.165, 1.54) is 6.92 Å². The van der Waals surface area contributed by atoms with Crippen LogP contribution >= 0.6 is 0 Å². The largest absolute Gasteiger partial charge is 0.356 e. The minimum Gasteiger partial charge on any atom is -0.356 e. The summed E-state index contributed by atoms with van der Waals surface area (Å²) in [4.78, 5) is 23.0. The summed E-state index contributed by atoms with van der Waals surface area (Å²) >= 11 is 0. The lowest BCUT2D eigenvalue weighted by Gasteiger charge is -2.18. The summed E-state index contributed by atoms with van der Waals surface area (Å²) < 4.78 is 0. The van der Waals surface area contributed by atoms with Crippen molar-refractivity contribution in [2.45, 2.75) is 39.7 Å². The molecule has 2 amide bonds. The summed E-state index contributed by atoms with van der Waals surface area (Å²) in [6, 6.07) is 7.59. The number of carbonyl (C=O) groups is 2. The predicted octanol–water partition coefficient (Wildman–Crippen LogP) is 2.09. The van der Waals surface area contributed by atoms with Crippen molar-refractivity contribution in [3.63, 3.8) is 0 Å². The number of amides is 2. The summed E-state index contributed by atoms with van der Waals surface area (Å²) in [5.74, 6) is -0.171. The van der Waals surface area contributed by atoms with Crippen LogP contribution in [0.25, 0.3) is 0 Å². The molecule has 104 valence electrons. The zero-order valence-corrected chi connectivity index (χ0v) is 11.8. The van der Waals surface area contributed by atoms with Gasteiger partial charge in [-0.1, -0.05) is 36.8 Å². The Morgan fingerprint density at radius 2 is 1.84 bits per heavy atom. The van der Waals surface area contributed by atoms with E-state index in [0.29, 0.717) is 6.54 Å². The lowest BCUT2D eigenvalue weighted by atomic mass is 10.0.